The Balaban J connectivity index is 2.33. The van der Waals surface area contributed by atoms with E-state index in [4.69, 9.17) is 0 Å². The highest BCUT2D eigenvalue weighted by Gasteiger charge is 2.29. The van der Waals surface area contributed by atoms with Crippen LogP contribution in [-0.2, 0) is 9.59 Å². The van der Waals surface area contributed by atoms with Crippen molar-refractivity contribution in [3.8, 4) is 0 Å². The van der Waals surface area contributed by atoms with E-state index in [-0.39, 0.29) is 12.3 Å². The minimum atomic E-state index is -1.10. The van der Waals surface area contributed by atoms with E-state index in [1.807, 2.05) is 0 Å². The summed E-state index contributed by atoms with van der Waals surface area (Å²) in [5.74, 6) is -1.74. The molecular formula is C10H16NO3-. The van der Waals surface area contributed by atoms with Crippen molar-refractivity contribution in [3.05, 3.63) is 0 Å². The molecular weight excluding hydrogens is 182 g/mol. The third kappa shape index (κ3) is 2.72. The van der Waals surface area contributed by atoms with E-state index in [9.17, 15) is 14.7 Å². The fraction of sp³-hybridized carbons (Fsp3) is 0.800. The van der Waals surface area contributed by atoms with Crippen molar-refractivity contribution in [1.29, 1.82) is 0 Å². The van der Waals surface area contributed by atoms with Crippen molar-refractivity contribution in [3.63, 3.8) is 0 Å². The summed E-state index contributed by atoms with van der Waals surface area (Å²) in [5.41, 5.74) is 0. The molecule has 0 spiro atoms. The second-order valence-corrected chi connectivity index (χ2v) is 3.77. The maximum atomic E-state index is 11.3. The number of carboxylic acid groups (broad SMARTS) is 1. The van der Waals surface area contributed by atoms with Crippen LogP contribution in [-0.4, -0.2) is 29.9 Å². The summed E-state index contributed by atoms with van der Waals surface area (Å²) >= 11 is 0. The zero-order valence-corrected chi connectivity index (χ0v) is 8.49. The highest BCUT2D eigenvalue weighted by Crippen LogP contribution is 2.17. The number of rotatable bonds is 5. The van der Waals surface area contributed by atoms with Gasteiger partial charge in [0.05, 0.1) is 0 Å². The molecule has 80 valence electrons. The molecule has 0 N–H and O–H groups in total. The molecule has 14 heavy (non-hydrogen) atoms. The summed E-state index contributed by atoms with van der Waals surface area (Å²) in [7, 11) is 0. The van der Waals surface area contributed by atoms with Crippen molar-refractivity contribution < 1.29 is 14.7 Å². The van der Waals surface area contributed by atoms with E-state index >= 15 is 0 Å². The Morgan fingerprint density at radius 3 is 2.79 bits per heavy atom. The van der Waals surface area contributed by atoms with Gasteiger partial charge >= 0.3 is 0 Å². The Morgan fingerprint density at radius 2 is 2.29 bits per heavy atom. The molecule has 0 aromatic heterocycles. The first-order valence-corrected chi connectivity index (χ1v) is 5.13. The Labute approximate surface area is 83.9 Å². The van der Waals surface area contributed by atoms with Crippen LogP contribution in [0.3, 0.4) is 0 Å². The van der Waals surface area contributed by atoms with Gasteiger partial charge in [-0.25, -0.2) is 0 Å². The smallest absolute Gasteiger partial charge is 0.223 e. The molecule has 0 bridgehead atoms. The fourth-order valence-corrected chi connectivity index (χ4v) is 1.70. The quantitative estimate of drug-likeness (QED) is 0.573. The van der Waals surface area contributed by atoms with E-state index in [0.717, 1.165) is 19.3 Å². The molecule has 0 aromatic rings. The number of hydrogen-bond donors (Lipinski definition) is 0. The molecule has 1 rings (SSSR count). The lowest BCUT2D eigenvalue weighted by atomic mass is 10.1. The van der Waals surface area contributed by atoms with E-state index < -0.39 is 11.9 Å². The van der Waals surface area contributed by atoms with Crippen molar-refractivity contribution in [2.24, 2.45) is 5.92 Å². The molecule has 1 amide bonds. The molecule has 1 fully saturated rings. The lowest BCUT2D eigenvalue weighted by Gasteiger charge is -2.16. The summed E-state index contributed by atoms with van der Waals surface area (Å²) in [6, 6.07) is 0. The SMILES string of the molecule is CCCCCN1C[C@@H](C(=O)[O-])CC1=O. The second kappa shape index (κ2) is 4.98. The molecule has 0 unspecified atom stereocenters. The number of unbranched alkanes of at least 4 members (excludes halogenated alkanes) is 2. The minimum absolute atomic E-state index is 0.0460. The molecule has 0 aliphatic carbocycles. The predicted octanol–water partition coefficient (Wildman–Crippen LogP) is -0.225. The van der Waals surface area contributed by atoms with Gasteiger partial charge in [-0.15, -0.1) is 0 Å². The maximum Gasteiger partial charge on any atom is 0.223 e. The molecule has 4 heteroatoms. The average Bonchev–Trinajstić information content (AvgIpc) is 2.49. The molecule has 1 aliphatic heterocycles. The Bertz CT molecular complexity index is 227. The zero-order chi connectivity index (χ0) is 10.6. The predicted molar refractivity (Wildman–Crippen MR) is 49.2 cm³/mol. The van der Waals surface area contributed by atoms with Gasteiger partial charge in [-0.3, -0.25) is 4.79 Å². The van der Waals surface area contributed by atoms with Crippen LogP contribution >= 0.6 is 0 Å². The number of carbonyl (C=O) groups excluding carboxylic acids is 2. The first-order chi connectivity index (χ1) is 6.65. The summed E-state index contributed by atoms with van der Waals surface area (Å²) in [6.45, 7) is 3.12. The average molecular weight is 198 g/mol. The van der Waals surface area contributed by atoms with Gasteiger partial charge in [-0.2, -0.15) is 0 Å². The van der Waals surface area contributed by atoms with Crippen LogP contribution in [0, 0.1) is 5.92 Å². The van der Waals surface area contributed by atoms with Gasteiger partial charge in [0.2, 0.25) is 5.91 Å². The normalized spacial score (nSPS) is 21.6. The summed E-state index contributed by atoms with van der Waals surface area (Å²) in [5, 5.41) is 10.5. The van der Waals surface area contributed by atoms with E-state index in [2.05, 4.69) is 6.92 Å². The minimum Gasteiger partial charge on any atom is -0.550 e. The number of hydrogen-bond acceptors (Lipinski definition) is 3. The monoisotopic (exact) mass is 198 g/mol. The lowest BCUT2D eigenvalue weighted by Crippen LogP contribution is -2.33. The van der Waals surface area contributed by atoms with Crippen LogP contribution in [0.4, 0.5) is 0 Å². The topological polar surface area (TPSA) is 60.4 Å². The first-order valence-electron chi connectivity index (χ1n) is 5.13. The Hall–Kier alpha value is -1.06. The van der Waals surface area contributed by atoms with E-state index in [1.54, 1.807) is 4.90 Å². The standard InChI is InChI=1S/C10H17NO3/c1-2-3-4-5-11-7-8(10(13)14)6-9(11)12/h8H,2-7H2,1H3,(H,13,14)/p-1/t8-/m0/s1. The van der Waals surface area contributed by atoms with E-state index in [1.165, 1.54) is 0 Å². The molecule has 0 radical (unpaired) electrons. The maximum absolute atomic E-state index is 11.3. The lowest BCUT2D eigenvalue weighted by molar-refractivity contribution is -0.311. The molecule has 0 aromatic carbocycles. The molecule has 1 atom stereocenters. The van der Waals surface area contributed by atoms with Gasteiger partial charge in [-0.05, 0) is 6.42 Å². The van der Waals surface area contributed by atoms with E-state index in [0.29, 0.717) is 13.1 Å². The Morgan fingerprint density at radius 1 is 1.57 bits per heavy atom. The highest BCUT2D eigenvalue weighted by molar-refractivity contribution is 5.85. The van der Waals surface area contributed by atoms with Gasteiger partial charge < -0.3 is 14.8 Å². The molecule has 1 aliphatic rings. The molecule has 0 saturated carbocycles. The number of amides is 1. The molecule has 1 saturated heterocycles. The second-order valence-electron chi connectivity index (χ2n) is 3.77. The van der Waals surface area contributed by atoms with Crippen molar-refractivity contribution in [2.75, 3.05) is 13.1 Å². The van der Waals surface area contributed by atoms with Crippen LogP contribution in [0.15, 0.2) is 0 Å². The van der Waals surface area contributed by atoms with Crippen LogP contribution < -0.4 is 5.11 Å². The van der Waals surface area contributed by atoms with Gasteiger partial charge in [0, 0.05) is 31.4 Å². The molecule has 4 nitrogen and oxygen atoms in total. The number of aliphatic carboxylic acids is 1. The summed E-state index contributed by atoms with van der Waals surface area (Å²) in [4.78, 5) is 23.5. The third-order valence-electron chi connectivity index (χ3n) is 2.58. The van der Waals surface area contributed by atoms with Crippen LogP contribution in [0.5, 0.6) is 0 Å². The van der Waals surface area contributed by atoms with Gasteiger partial charge in [0.1, 0.15) is 0 Å². The third-order valence-corrected chi connectivity index (χ3v) is 2.58. The van der Waals surface area contributed by atoms with Crippen molar-refractivity contribution in [1.82, 2.24) is 4.90 Å². The van der Waals surface area contributed by atoms with Gasteiger partial charge in [-0.1, -0.05) is 19.8 Å². The summed E-state index contributed by atoms with van der Waals surface area (Å²) < 4.78 is 0. The highest BCUT2D eigenvalue weighted by atomic mass is 16.4. The van der Waals surface area contributed by atoms with Crippen LogP contribution in [0.25, 0.3) is 0 Å². The van der Waals surface area contributed by atoms with Gasteiger partial charge in [0.15, 0.2) is 0 Å². The van der Waals surface area contributed by atoms with Gasteiger partial charge in [0.25, 0.3) is 0 Å². The van der Waals surface area contributed by atoms with Crippen LogP contribution in [0.2, 0.25) is 0 Å². The van der Waals surface area contributed by atoms with Crippen LogP contribution in [0.1, 0.15) is 32.6 Å². The number of likely N-dealkylation sites (tertiary alicyclic amines) is 1. The first kappa shape index (κ1) is 11.0. The fourth-order valence-electron chi connectivity index (χ4n) is 1.70. The number of carboxylic acids is 1. The van der Waals surface area contributed by atoms with Crippen molar-refractivity contribution in [2.45, 2.75) is 32.6 Å². The number of carbonyl (C=O) groups is 2. The Kier molecular flexibility index (Phi) is 3.92. The van der Waals surface area contributed by atoms with Crippen molar-refractivity contribution >= 4 is 11.9 Å². The summed E-state index contributed by atoms with van der Waals surface area (Å²) in [6.07, 6.45) is 3.27. The number of nitrogens with zero attached hydrogens (tertiary/aromatic N) is 1. The largest absolute Gasteiger partial charge is 0.550 e. The molecule has 1 heterocycles. The zero-order valence-electron chi connectivity index (χ0n) is 8.49.